The summed E-state index contributed by atoms with van der Waals surface area (Å²) in [6.07, 6.45) is 2.69. The number of nitrogens with two attached hydrogens (primary N) is 1. The zero-order valence-electron chi connectivity index (χ0n) is 10.8. The molecule has 3 atom stereocenters. The normalized spacial score (nSPS) is 25.6. The fourth-order valence-electron chi connectivity index (χ4n) is 2.39. The van der Waals surface area contributed by atoms with Crippen LogP contribution in [0.1, 0.15) is 25.1 Å². The second-order valence-corrected chi connectivity index (χ2v) is 5.13. The van der Waals surface area contributed by atoms with Crippen molar-refractivity contribution in [3.63, 3.8) is 0 Å². The monoisotopic (exact) mass is 273 g/mol. The number of hydrogen-bond donors (Lipinski definition) is 1. The van der Waals surface area contributed by atoms with Crippen LogP contribution >= 0.6 is 11.6 Å². The fraction of sp³-hybridized carbons (Fsp3) is 0.750. The minimum Gasteiger partial charge on any atom is -0.383 e. The molecule has 1 aromatic heterocycles. The van der Waals surface area contributed by atoms with Gasteiger partial charge in [0.05, 0.1) is 42.2 Å². The third kappa shape index (κ3) is 2.69. The van der Waals surface area contributed by atoms with Crippen molar-refractivity contribution in [3.8, 4) is 0 Å². The average Bonchev–Trinajstić information content (AvgIpc) is 2.92. The molecule has 5 nitrogen and oxygen atoms in total. The zero-order chi connectivity index (χ0) is 13.1. The van der Waals surface area contributed by atoms with Gasteiger partial charge in [-0.3, -0.25) is 4.68 Å². The number of nitrogens with zero attached hydrogens (tertiary/aromatic N) is 2. The van der Waals surface area contributed by atoms with Crippen LogP contribution in [0.4, 0.5) is 0 Å². The largest absolute Gasteiger partial charge is 0.383 e. The van der Waals surface area contributed by atoms with E-state index >= 15 is 0 Å². The highest BCUT2D eigenvalue weighted by atomic mass is 35.5. The molecule has 102 valence electrons. The standard InChI is InChI=1S/C12H20ClN3O2/c1-8-3-5-18-12(8)10(14)11-9(13)7-15-16(11)4-6-17-2/h7-8,10,12H,3-6,14H2,1-2H3. The Bertz CT molecular complexity index is 397. The topological polar surface area (TPSA) is 62.3 Å². The molecule has 0 bridgehead atoms. The molecule has 2 rings (SSSR count). The lowest BCUT2D eigenvalue weighted by molar-refractivity contribution is 0.0694. The van der Waals surface area contributed by atoms with Gasteiger partial charge in [-0.2, -0.15) is 5.10 Å². The van der Waals surface area contributed by atoms with Gasteiger partial charge in [-0.25, -0.2) is 0 Å². The summed E-state index contributed by atoms with van der Waals surface area (Å²) in [5, 5.41) is 4.84. The van der Waals surface area contributed by atoms with Crippen molar-refractivity contribution in [2.75, 3.05) is 20.3 Å². The Labute approximate surface area is 112 Å². The molecule has 1 aliphatic rings. The van der Waals surface area contributed by atoms with E-state index in [-0.39, 0.29) is 12.1 Å². The lowest BCUT2D eigenvalue weighted by Gasteiger charge is -2.23. The Hall–Kier alpha value is -0.620. The summed E-state index contributed by atoms with van der Waals surface area (Å²) in [7, 11) is 1.66. The Kier molecular flexibility index (Phi) is 4.61. The summed E-state index contributed by atoms with van der Waals surface area (Å²) in [5.74, 6) is 0.446. The molecule has 2 heterocycles. The van der Waals surface area contributed by atoms with E-state index < -0.39 is 0 Å². The molecule has 3 unspecified atom stereocenters. The van der Waals surface area contributed by atoms with Crippen molar-refractivity contribution in [1.82, 2.24) is 9.78 Å². The lowest BCUT2D eigenvalue weighted by Crippen LogP contribution is -2.32. The summed E-state index contributed by atoms with van der Waals surface area (Å²) < 4.78 is 12.6. The van der Waals surface area contributed by atoms with E-state index in [0.717, 1.165) is 18.7 Å². The molecule has 1 aromatic rings. The Balaban J connectivity index is 2.17. The molecule has 0 aromatic carbocycles. The second-order valence-electron chi connectivity index (χ2n) is 4.72. The predicted molar refractivity (Wildman–Crippen MR) is 69.6 cm³/mol. The molecular formula is C12H20ClN3O2. The second kappa shape index (κ2) is 6.02. The van der Waals surface area contributed by atoms with Crippen LogP contribution in [0.15, 0.2) is 6.20 Å². The Morgan fingerprint density at radius 2 is 2.50 bits per heavy atom. The first-order chi connectivity index (χ1) is 8.65. The maximum atomic E-state index is 6.30. The molecular weight excluding hydrogens is 254 g/mol. The van der Waals surface area contributed by atoms with Crippen molar-refractivity contribution < 1.29 is 9.47 Å². The first-order valence-electron chi connectivity index (χ1n) is 6.22. The van der Waals surface area contributed by atoms with Crippen LogP contribution in [0.2, 0.25) is 5.02 Å². The van der Waals surface area contributed by atoms with Crippen LogP contribution in [-0.4, -0.2) is 36.2 Å². The van der Waals surface area contributed by atoms with Gasteiger partial charge in [0, 0.05) is 13.7 Å². The fourth-order valence-corrected chi connectivity index (χ4v) is 2.66. The Morgan fingerprint density at radius 1 is 1.72 bits per heavy atom. The molecule has 1 fully saturated rings. The number of halogens is 1. The lowest BCUT2D eigenvalue weighted by atomic mass is 9.96. The van der Waals surface area contributed by atoms with Gasteiger partial charge < -0.3 is 15.2 Å². The van der Waals surface area contributed by atoms with E-state index in [2.05, 4.69) is 12.0 Å². The van der Waals surface area contributed by atoms with Crippen molar-refractivity contribution >= 4 is 11.6 Å². The smallest absolute Gasteiger partial charge is 0.0835 e. The van der Waals surface area contributed by atoms with E-state index in [1.165, 1.54) is 0 Å². The van der Waals surface area contributed by atoms with E-state index in [9.17, 15) is 0 Å². The quantitative estimate of drug-likeness (QED) is 0.885. The minimum absolute atomic E-state index is 0.0143. The van der Waals surface area contributed by atoms with Gasteiger partial charge in [0.25, 0.3) is 0 Å². The summed E-state index contributed by atoms with van der Waals surface area (Å²) in [6, 6.07) is -0.241. The van der Waals surface area contributed by atoms with Crippen molar-refractivity contribution in [2.24, 2.45) is 11.7 Å². The molecule has 0 spiro atoms. The molecule has 0 radical (unpaired) electrons. The van der Waals surface area contributed by atoms with Gasteiger partial charge in [-0.1, -0.05) is 18.5 Å². The summed E-state index contributed by atoms with van der Waals surface area (Å²) in [4.78, 5) is 0. The van der Waals surface area contributed by atoms with E-state index in [1.54, 1.807) is 13.3 Å². The van der Waals surface area contributed by atoms with E-state index in [0.29, 0.717) is 24.1 Å². The summed E-state index contributed by atoms with van der Waals surface area (Å²) in [5.41, 5.74) is 7.14. The average molecular weight is 274 g/mol. The Morgan fingerprint density at radius 3 is 3.11 bits per heavy atom. The van der Waals surface area contributed by atoms with Gasteiger partial charge in [0.1, 0.15) is 0 Å². The van der Waals surface area contributed by atoms with Crippen LogP contribution in [-0.2, 0) is 16.0 Å². The van der Waals surface area contributed by atoms with Gasteiger partial charge in [0.15, 0.2) is 0 Å². The van der Waals surface area contributed by atoms with Gasteiger partial charge in [0.2, 0.25) is 0 Å². The SMILES string of the molecule is COCCn1ncc(Cl)c1C(N)C1OCCC1C. The van der Waals surface area contributed by atoms with Crippen molar-refractivity contribution in [1.29, 1.82) is 0 Å². The van der Waals surface area contributed by atoms with Crippen LogP contribution in [0.3, 0.4) is 0 Å². The first-order valence-corrected chi connectivity index (χ1v) is 6.60. The molecule has 6 heteroatoms. The summed E-state index contributed by atoms with van der Waals surface area (Å²) >= 11 is 6.19. The third-order valence-corrected chi connectivity index (χ3v) is 3.75. The molecule has 1 aliphatic heterocycles. The van der Waals surface area contributed by atoms with Crippen molar-refractivity contribution in [3.05, 3.63) is 16.9 Å². The molecule has 0 amide bonds. The summed E-state index contributed by atoms with van der Waals surface area (Å²) in [6.45, 7) is 4.15. The third-order valence-electron chi connectivity index (χ3n) is 3.45. The van der Waals surface area contributed by atoms with Crippen LogP contribution in [0, 0.1) is 5.92 Å². The molecule has 1 saturated heterocycles. The highest BCUT2D eigenvalue weighted by molar-refractivity contribution is 6.31. The number of aromatic nitrogens is 2. The highest BCUT2D eigenvalue weighted by Gasteiger charge is 2.33. The van der Waals surface area contributed by atoms with Gasteiger partial charge in [-0.15, -0.1) is 0 Å². The predicted octanol–water partition coefficient (Wildman–Crippen LogP) is 1.61. The number of hydrogen-bond acceptors (Lipinski definition) is 4. The van der Waals surface area contributed by atoms with Crippen LogP contribution in [0.5, 0.6) is 0 Å². The maximum Gasteiger partial charge on any atom is 0.0835 e. The van der Waals surface area contributed by atoms with Crippen LogP contribution in [0.25, 0.3) is 0 Å². The molecule has 0 saturated carbocycles. The van der Waals surface area contributed by atoms with Crippen molar-refractivity contribution in [2.45, 2.75) is 32.0 Å². The number of rotatable bonds is 5. The molecule has 18 heavy (non-hydrogen) atoms. The number of methoxy groups -OCH3 is 1. The first kappa shape index (κ1) is 13.8. The maximum absolute atomic E-state index is 6.30. The van der Waals surface area contributed by atoms with E-state index in [1.807, 2.05) is 4.68 Å². The molecule has 0 aliphatic carbocycles. The van der Waals surface area contributed by atoms with Gasteiger partial charge in [-0.05, 0) is 12.3 Å². The highest BCUT2D eigenvalue weighted by Crippen LogP contribution is 2.32. The van der Waals surface area contributed by atoms with E-state index in [4.69, 9.17) is 26.8 Å². The van der Waals surface area contributed by atoms with Crippen LogP contribution < -0.4 is 5.73 Å². The number of ether oxygens (including phenoxy) is 2. The van der Waals surface area contributed by atoms with Gasteiger partial charge >= 0.3 is 0 Å². The molecule has 2 N–H and O–H groups in total. The zero-order valence-corrected chi connectivity index (χ0v) is 11.6. The minimum atomic E-state index is -0.241.